The molecule has 31 heavy (non-hydrogen) atoms. The van der Waals surface area contributed by atoms with Crippen LogP contribution in [-0.4, -0.2) is 17.9 Å². The van der Waals surface area contributed by atoms with Crippen molar-refractivity contribution in [3.05, 3.63) is 0 Å². The molecule has 0 aliphatic carbocycles. The molecule has 0 aliphatic rings. The van der Waals surface area contributed by atoms with Crippen molar-refractivity contribution in [1.82, 2.24) is 0 Å². The van der Waals surface area contributed by atoms with E-state index in [9.17, 15) is 29.7 Å². The first-order chi connectivity index (χ1) is 14.2. The number of rotatable bonds is 15. The van der Waals surface area contributed by atoms with E-state index in [1.807, 2.05) is 20.8 Å². The fourth-order valence-corrected chi connectivity index (χ4v) is 2.82. The maximum absolute atomic E-state index is 10.3. The Morgan fingerprint density at radius 2 is 0.710 bits per heavy atom. The summed E-state index contributed by atoms with van der Waals surface area (Å²) in [5.41, 5.74) is 0. The third-order valence-electron chi connectivity index (χ3n) is 5.20. The van der Waals surface area contributed by atoms with Crippen molar-refractivity contribution in [3.63, 3.8) is 0 Å². The molecule has 0 saturated heterocycles. The molecule has 0 N–H and O–H groups in total. The monoisotopic (exact) mass is 574 g/mol. The Bertz CT molecular complexity index is 366. The Hall–Kier alpha value is -0.252. The largest absolute Gasteiger partial charge is 0.550 e. The van der Waals surface area contributed by atoms with E-state index >= 15 is 0 Å². The van der Waals surface area contributed by atoms with E-state index in [0.717, 1.165) is 57.8 Å². The van der Waals surface area contributed by atoms with Gasteiger partial charge in [0.1, 0.15) is 0 Å². The molecule has 0 fully saturated rings. The molecule has 3 atom stereocenters. The molecule has 0 amide bonds. The predicted octanol–water partition coefficient (Wildman–Crippen LogP) is 2.86. The van der Waals surface area contributed by atoms with Crippen LogP contribution in [0.4, 0.5) is 0 Å². The zero-order chi connectivity index (χ0) is 23.9. The molecule has 6 nitrogen and oxygen atoms in total. The molecule has 185 valence electrons. The van der Waals surface area contributed by atoms with E-state index in [4.69, 9.17) is 0 Å². The molecule has 0 aromatic heterocycles. The average Bonchev–Trinajstić information content (AvgIpc) is 2.70. The van der Waals surface area contributed by atoms with Crippen molar-refractivity contribution in [2.45, 2.75) is 119 Å². The summed E-state index contributed by atoms with van der Waals surface area (Å²) in [5, 5.41) is 31.0. The van der Waals surface area contributed by atoms with E-state index in [2.05, 4.69) is 20.8 Å². The Labute approximate surface area is 223 Å². The second kappa shape index (κ2) is 27.8. The van der Waals surface area contributed by atoms with Crippen LogP contribution in [0.5, 0.6) is 0 Å². The van der Waals surface area contributed by atoms with Gasteiger partial charge in [-0.1, -0.05) is 80.1 Å². The van der Waals surface area contributed by atoms with Gasteiger partial charge in [0.15, 0.2) is 0 Å². The number of hydrogen-bond acceptors (Lipinski definition) is 6. The van der Waals surface area contributed by atoms with Gasteiger partial charge in [-0.2, -0.15) is 0 Å². The Balaban J connectivity index is -0.000000174. The summed E-state index contributed by atoms with van der Waals surface area (Å²) in [6.45, 7) is 11.8. The van der Waals surface area contributed by atoms with E-state index in [-0.39, 0.29) is 58.1 Å². The summed E-state index contributed by atoms with van der Waals surface area (Å²) in [6, 6.07) is 0. The van der Waals surface area contributed by atoms with Gasteiger partial charge in [-0.05, 0) is 56.3 Å². The van der Waals surface area contributed by atoms with Crippen molar-refractivity contribution >= 4 is 17.9 Å². The average molecular weight is 575 g/mol. The summed E-state index contributed by atoms with van der Waals surface area (Å²) < 4.78 is 0. The second-order valence-corrected chi connectivity index (χ2v) is 7.70. The normalized spacial score (nSPS) is 12.6. The molecular weight excluding hydrogens is 529 g/mol. The number of aliphatic carboxylic acids is 3. The van der Waals surface area contributed by atoms with Crippen molar-refractivity contribution in [2.75, 3.05) is 0 Å². The molecule has 0 heterocycles. The molecule has 0 saturated carbocycles. The zero-order valence-corrected chi connectivity index (χ0v) is 23.5. The molecule has 1 radical (unpaired) electrons. The molecule has 7 heteroatoms. The minimum absolute atomic E-state index is 0. The van der Waals surface area contributed by atoms with E-state index in [0.29, 0.717) is 19.3 Å². The smallest absolute Gasteiger partial charge is 0.0445 e. The van der Waals surface area contributed by atoms with E-state index in [1.165, 1.54) is 0 Å². The molecule has 0 aromatic carbocycles. The van der Waals surface area contributed by atoms with Gasteiger partial charge < -0.3 is 29.7 Å². The van der Waals surface area contributed by atoms with Crippen LogP contribution in [0.25, 0.3) is 0 Å². The van der Waals surface area contributed by atoms with Crippen molar-refractivity contribution in [3.8, 4) is 0 Å². The van der Waals surface area contributed by atoms with Gasteiger partial charge in [0.2, 0.25) is 0 Å². The summed E-state index contributed by atoms with van der Waals surface area (Å²) in [6.07, 6.45) is 10.6. The van der Waals surface area contributed by atoms with Gasteiger partial charge in [0.25, 0.3) is 0 Å². The Kier molecular flexibility index (Phi) is 34.1. The number of carbonyl (C=O) groups is 3. The molecule has 0 spiro atoms. The van der Waals surface area contributed by atoms with Crippen molar-refractivity contribution in [1.29, 1.82) is 0 Å². The van der Waals surface area contributed by atoms with E-state index < -0.39 is 17.9 Å². The van der Waals surface area contributed by atoms with Crippen molar-refractivity contribution < 1.29 is 70.1 Å². The third kappa shape index (κ3) is 25.9. The standard InChI is InChI=1S/3C8H16O2.Pm/c3*1-3-5-6-7(4-2)8(9)10;/h3*7H,3-6H2,1-2H3,(H,9,10);/p-3. The molecule has 0 rings (SSSR count). The van der Waals surface area contributed by atoms with Crippen LogP contribution in [0.3, 0.4) is 0 Å². The Morgan fingerprint density at radius 3 is 0.806 bits per heavy atom. The maximum atomic E-state index is 10.3. The number of unbranched alkanes of at least 4 members (excludes halogenated alkanes) is 3. The quantitative estimate of drug-likeness (QED) is 0.297. The van der Waals surface area contributed by atoms with Crippen LogP contribution in [-0.2, 0) is 14.4 Å². The van der Waals surface area contributed by atoms with Gasteiger partial charge in [0, 0.05) is 58.3 Å². The van der Waals surface area contributed by atoms with Crippen LogP contribution in [0.2, 0.25) is 0 Å². The van der Waals surface area contributed by atoms with E-state index in [1.54, 1.807) is 0 Å². The van der Waals surface area contributed by atoms with Gasteiger partial charge >= 0.3 is 0 Å². The van der Waals surface area contributed by atoms with Crippen LogP contribution in [0, 0.1) is 58.1 Å². The van der Waals surface area contributed by atoms with Gasteiger partial charge in [0.05, 0.1) is 0 Å². The van der Waals surface area contributed by atoms with Gasteiger partial charge in [-0.3, -0.25) is 0 Å². The summed E-state index contributed by atoms with van der Waals surface area (Å²) >= 11 is 0. The first-order valence-corrected chi connectivity index (χ1v) is 11.8. The Morgan fingerprint density at radius 1 is 0.516 bits per heavy atom. The SMILES string of the molecule is CCCCC(CC)C(=O)[O-].CCCCC(CC)C(=O)[O-].CCCCC(CC)C(=O)[O-].[Pm]. The number of hydrogen-bond donors (Lipinski definition) is 0. The fourth-order valence-electron chi connectivity index (χ4n) is 2.82. The minimum atomic E-state index is -0.893. The van der Waals surface area contributed by atoms with Crippen molar-refractivity contribution in [2.24, 2.45) is 17.8 Å². The summed E-state index contributed by atoms with van der Waals surface area (Å²) in [7, 11) is 0. The molecule has 0 bridgehead atoms. The first-order valence-electron chi connectivity index (χ1n) is 11.8. The fraction of sp³-hybridized carbons (Fsp3) is 0.875. The summed E-state index contributed by atoms with van der Waals surface area (Å²) in [5.74, 6) is -3.34. The van der Waals surface area contributed by atoms with Crippen LogP contribution in [0.1, 0.15) is 119 Å². The molecule has 0 aliphatic heterocycles. The third-order valence-corrected chi connectivity index (χ3v) is 5.20. The topological polar surface area (TPSA) is 120 Å². The van der Waals surface area contributed by atoms with Gasteiger partial charge in [-0.25, -0.2) is 0 Å². The van der Waals surface area contributed by atoms with Crippen LogP contribution in [0.15, 0.2) is 0 Å². The van der Waals surface area contributed by atoms with Crippen LogP contribution >= 0.6 is 0 Å². The molecule has 0 aromatic rings. The zero-order valence-electron chi connectivity index (χ0n) is 20.6. The summed E-state index contributed by atoms with van der Waals surface area (Å²) in [4.78, 5) is 31.0. The maximum Gasteiger partial charge on any atom is 0.0445 e. The van der Waals surface area contributed by atoms with Gasteiger partial charge in [-0.15, -0.1) is 0 Å². The minimum Gasteiger partial charge on any atom is -0.550 e. The predicted molar refractivity (Wildman–Crippen MR) is 115 cm³/mol. The number of carboxylic acid groups (broad SMARTS) is 3. The van der Waals surface area contributed by atoms with Crippen LogP contribution < -0.4 is 15.3 Å². The molecule has 3 unspecified atom stereocenters. The molecular formula is C24H45O6Pm-3. The first kappa shape index (κ1) is 38.0. The second-order valence-electron chi connectivity index (χ2n) is 7.70. The number of carbonyl (C=O) groups excluding carboxylic acids is 3. The number of carboxylic acids is 3.